The summed E-state index contributed by atoms with van der Waals surface area (Å²) in [4.78, 5) is 26.9. The molecule has 4 rings (SSSR count). The highest BCUT2D eigenvalue weighted by Gasteiger charge is 2.32. The van der Waals surface area contributed by atoms with Gasteiger partial charge in [-0.05, 0) is 47.4 Å². The molecular weight excluding hydrogens is 420 g/mol. The van der Waals surface area contributed by atoms with Crippen LogP contribution in [0.3, 0.4) is 0 Å². The molecule has 32 heavy (non-hydrogen) atoms. The quantitative estimate of drug-likeness (QED) is 0.556. The SMILES string of the molecule is COc1ccc(CNC(=O)c2ccc([C@H]3SCC(=O)N3CCc3ccccc3)cc2)cc1. The maximum absolute atomic E-state index is 12.5. The highest BCUT2D eigenvalue weighted by molar-refractivity contribution is 8.00. The van der Waals surface area contributed by atoms with Crippen LogP contribution in [0.4, 0.5) is 0 Å². The van der Waals surface area contributed by atoms with Crippen molar-refractivity contribution in [1.82, 2.24) is 10.2 Å². The first kappa shape index (κ1) is 22.0. The average molecular weight is 447 g/mol. The van der Waals surface area contributed by atoms with Crippen LogP contribution in [0.2, 0.25) is 0 Å². The fourth-order valence-electron chi connectivity index (χ4n) is 3.69. The topological polar surface area (TPSA) is 58.6 Å². The van der Waals surface area contributed by atoms with Crippen LogP contribution in [0, 0.1) is 0 Å². The maximum atomic E-state index is 12.5. The lowest BCUT2D eigenvalue weighted by Crippen LogP contribution is -2.30. The van der Waals surface area contributed by atoms with E-state index < -0.39 is 0 Å². The van der Waals surface area contributed by atoms with Gasteiger partial charge in [-0.25, -0.2) is 0 Å². The lowest BCUT2D eigenvalue weighted by atomic mass is 10.1. The van der Waals surface area contributed by atoms with E-state index in [9.17, 15) is 9.59 Å². The number of nitrogens with one attached hydrogen (secondary N) is 1. The van der Waals surface area contributed by atoms with Crippen LogP contribution < -0.4 is 10.1 Å². The Balaban J connectivity index is 1.36. The largest absolute Gasteiger partial charge is 0.497 e. The third-order valence-electron chi connectivity index (χ3n) is 5.52. The lowest BCUT2D eigenvalue weighted by molar-refractivity contribution is -0.128. The first-order valence-electron chi connectivity index (χ1n) is 10.6. The van der Waals surface area contributed by atoms with Crippen LogP contribution >= 0.6 is 11.8 Å². The Morgan fingerprint density at radius 3 is 2.41 bits per heavy atom. The molecule has 2 amide bonds. The Hall–Kier alpha value is -3.25. The molecule has 0 spiro atoms. The van der Waals surface area contributed by atoms with Gasteiger partial charge in [-0.3, -0.25) is 9.59 Å². The van der Waals surface area contributed by atoms with Crippen molar-refractivity contribution >= 4 is 23.6 Å². The van der Waals surface area contributed by atoms with Crippen molar-refractivity contribution in [3.8, 4) is 5.75 Å². The molecule has 1 heterocycles. The summed E-state index contributed by atoms with van der Waals surface area (Å²) < 4.78 is 5.16. The molecular formula is C26H26N2O3S. The van der Waals surface area contributed by atoms with Crippen LogP contribution in [0.1, 0.15) is 32.4 Å². The van der Waals surface area contributed by atoms with E-state index in [-0.39, 0.29) is 17.2 Å². The summed E-state index contributed by atoms with van der Waals surface area (Å²) in [6, 6.07) is 25.4. The van der Waals surface area contributed by atoms with E-state index in [2.05, 4.69) is 17.4 Å². The van der Waals surface area contributed by atoms with Gasteiger partial charge in [0.2, 0.25) is 5.91 Å². The smallest absolute Gasteiger partial charge is 0.251 e. The van der Waals surface area contributed by atoms with Gasteiger partial charge >= 0.3 is 0 Å². The van der Waals surface area contributed by atoms with Crippen molar-refractivity contribution in [3.05, 3.63) is 101 Å². The Morgan fingerprint density at radius 1 is 1.00 bits per heavy atom. The molecule has 3 aromatic carbocycles. The summed E-state index contributed by atoms with van der Waals surface area (Å²) in [5, 5.41) is 2.94. The van der Waals surface area contributed by atoms with E-state index in [0.717, 1.165) is 23.3 Å². The van der Waals surface area contributed by atoms with E-state index in [4.69, 9.17) is 4.74 Å². The minimum Gasteiger partial charge on any atom is -0.497 e. The number of thioether (sulfide) groups is 1. The molecule has 0 bridgehead atoms. The molecule has 1 aliphatic rings. The molecule has 1 N–H and O–H groups in total. The zero-order valence-corrected chi connectivity index (χ0v) is 18.8. The second-order valence-corrected chi connectivity index (χ2v) is 8.71. The maximum Gasteiger partial charge on any atom is 0.251 e. The Bertz CT molecular complexity index is 1050. The van der Waals surface area contributed by atoms with Gasteiger partial charge in [-0.2, -0.15) is 0 Å². The number of carbonyl (C=O) groups excluding carboxylic acids is 2. The molecule has 1 saturated heterocycles. The second-order valence-electron chi connectivity index (χ2n) is 7.64. The first-order valence-corrected chi connectivity index (χ1v) is 11.6. The Kier molecular flexibility index (Phi) is 7.12. The zero-order valence-electron chi connectivity index (χ0n) is 18.0. The molecule has 0 radical (unpaired) electrons. The van der Waals surface area contributed by atoms with E-state index in [1.807, 2.05) is 71.6 Å². The summed E-state index contributed by atoms with van der Waals surface area (Å²) in [6.07, 6.45) is 0.829. The van der Waals surface area contributed by atoms with Crippen LogP contribution in [0.25, 0.3) is 0 Å². The van der Waals surface area contributed by atoms with E-state index in [1.54, 1.807) is 18.9 Å². The number of amides is 2. The standard InChI is InChI=1S/C26H26N2O3S/c1-31-23-13-7-20(8-14-23)17-27-25(30)21-9-11-22(12-10-21)26-28(24(29)18-32-26)16-15-19-5-3-2-4-6-19/h2-14,26H,15-18H2,1H3,(H,27,30)/t26-/m1/s1. The first-order chi connectivity index (χ1) is 15.6. The van der Waals surface area contributed by atoms with Crippen molar-refractivity contribution in [3.63, 3.8) is 0 Å². The minimum absolute atomic E-state index is 0.0115. The summed E-state index contributed by atoms with van der Waals surface area (Å²) >= 11 is 1.64. The Labute approximate surface area is 192 Å². The third-order valence-corrected chi connectivity index (χ3v) is 6.78. The summed E-state index contributed by atoms with van der Waals surface area (Å²) in [6.45, 7) is 1.13. The molecule has 0 saturated carbocycles. The lowest BCUT2D eigenvalue weighted by Gasteiger charge is -2.24. The molecule has 0 unspecified atom stereocenters. The van der Waals surface area contributed by atoms with Crippen molar-refractivity contribution < 1.29 is 14.3 Å². The Morgan fingerprint density at radius 2 is 1.72 bits per heavy atom. The van der Waals surface area contributed by atoms with Gasteiger partial charge < -0.3 is 15.0 Å². The zero-order chi connectivity index (χ0) is 22.3. The molecule has 1 fully saturated rings. The number of methoxy groups -OCH3 is 1. The highest BCUT2D eigenvalue weighted by atomic mass is 32.2. The van der Waals surface area contributed by atoms with Gasteiger partial charge in [0.15, 0.2) is 0 Å². The number of hydrogen-bond acceptors (Lipinski definition) is 4. The van der Waals surface area contributed by atoms with Gasteiger partial charge in [0.1, 0.15) is 11.1 Å². The number of hydrogen-bond donors (Lipinski definition) is 1. The summed E-state index contributed by atoms with van der Waals surface area (Å²) in [7, 11) is 1.63. The van der Waals surface area contributed by atoms with Crippen molar-refractivity contribution in [1.29, 1.82) is 0 Å². The number of carbonyl (C=O) groups is 2. The fourth-order valence-corrected chi connectivity index (χ4v) is 4.91. The van der Waals surface area contributed by atoms with Gasteiger partial charge in [0, 0.05) is 18.7 Å². The van der Waals surface area contributed by atoms with Gasteiger partial charge in [-0.15, -0.1) is 11.8 Å². The minimum atomic E-state index is -0.122. The predicted molar refractivity (Wildman–Crippen MR) is 128 cm³/mol. The summed E-state index contributed by atoms with van der Waals surface area (Å²) in [5.41, 5.74) is 3.87. The molecule has 1 atom stereocenters. The number of ether oxygens (including phenoxy) is 1. The van der Waals surface area contributed by atoms with Gasteiger partial charge in [0.25, 0.3) is 5.91 Å². The van der Waals surface area contributed by atoms with E-state index in [1.165, 1.54) is 5.56 Å². The van der Waals surface area contributed by atoms with Crippen LogP contribution in [0.15, 0.2) is 78.9 Å². The molecule has 3 aromatic rings. The number of benzene rings is 3. The van der Waals surface area contributed by atoms with Crippen molar-refractivity contribution in [2.75, 3.05) is 19.4 Å². The van der Waals surface area contributed by atoms with Crippen molar-refractivity contribution in [2.24, 2.45) is 0 Å². The molecule has 164 valence electrons. The molecule has 0 aliphatic carbocycles. The predicted octanol–water partition coefficient (Wildman–Crippen LogP) is 4.44. The van der Waals surface area contributed by atoms with Crippen LogP contribution in [-0.4, -0.2) is 36.1 Å². The second kappa shape index (κ2) is 10.4. The number of nitrogens with zero attached hydrogens (tertiary/aromatic N) is 1. The highest BCUT2D eigenvalue weighted by Crippen LogP contribution is 2.38. The van der Waals surface area contributed by atoms with Crippen LogP contribution in [0.5, 0.6) is 5.75 Å². The van der Waals surface area contributed by atoms with Crippen LogP contribution in [-0.2, 0) is 17.8 Å². The van der Waals surface area contributed by atoms with Gasteiger partial charge in [0.05, 0.1) is 12.9 Å². The summed E-state index contributed by atoms with van der Waals surface area (Å²) in [5.74, 6) is 1.32. The van der Waals surface area contributed by atoms with E-state index >= 15 is 0 Å². The monoisotopic (exact) mass is 446 g/mol. The van der Waals surface area contributed by atoms with Crippen molar-refractivity contribution in [2.45, 2.75) is 18.3 Å². The molecule has 0 aromatic heterocycles. The third kappa shape index (κ3) is 5.32. The molecule has 1 aliphatic heterocycles. The normalized spacial score (nSPS) is 15.6. The number of rotatable bonds is 8. The molecule has 6 heteroatoms. The molecule has 5 nitrogen and oxygen atoms in total. The van der Waals surface area contributed by atoms with Gasteiger partial charge in [-0.1, -0.05) is 54.6 Å². The average Bonchev–Trinajstić information content (AvgIpc) is 3.22. The fraction of sp³-hybridized carbons (Fsp3) is 0.231. The van der Waals surface area contributed by atoms with E-state index in [0.29, 0.717) is 24.4 Å².